The molecule has 1 aromatic carbocycles. The number of nitrogens with one attached hydrogen (secondary N) is 1. The summed E-state index contributed by atoms with van der Waals surface area (Å²) in [5.74, 6) is 1.25. The molecule has 1 saturated heterocycles. The van der Waals surface area contributed by atoms with Crippen molar-refractivity contribution in [2.75, 3.05) is 25.1 Å². The van der Waals surface area contributed by atoms with Crippen molar-refractivity contribution in [3.8, 4) is 0 Å². The van der Waals surface area contributed by atoms with Gasteiger partial charge in [0.15, 0.2) is 9.84 Å². The van der Waals surface area contributed by atoms with Gasteiger partial charge in [0.05, 0.1) is 29.1 Å². The lowest BCUT2D eigenvalue weighted by Gasteiger charge is -2.19. The monoisotopic (exact) mass is 364 g/mol. The van der Waals surface area contributed by atoms with E-state index in [4.69, 9.17) is 0 Å². The van der Waals surface area contributed by atoms with E-state index in [1.807, 2.05) is 24.3 Å². The summed E-state index contributed by atoms with van der Waals surface area (Å²) >= 11 is 0. The van der Waals surface area contributed by atoms with Crippen molar-refractivity contribution in [1.29, 1.82) is 0 Å². The van der Waals surface area contributed by atoms with Gasteiger partial charge in [-0.25, -0.2) is 18.2 Å². The molecule has 3 rings (SSSR count). The Morgan fingerprint density at radius 2 is 2.16 bits per heavy atom. The number of nitrogens with zero attached hydrogens (tertiary/aromatic N) is 3. The third-order valence-electron chi connectivity index (χ3n) is 4.64. The molecule has 1 fully saturated rings. The minimum Gasteiger partial charge on any atom is -0.338 e. The Morgan fingerprint density at radius 1 is 1.40 bits per heavy atom. The van der Waals surface area contributed by atoms with Gasteiger partial charge in [0, 0.05) is 20.1 Å². The van der Waals surface area contributed by atoms with Crippen LogP contribution in [0.2, 0.25) is 0 Å². The highest BCUT2D eigenvalue weighted by Gasteiger charge is 2.28. The summed E-state index contributed by atoms with van der Waals surface area (Å²) in [6, 6.07) is 7.71. The second-order valence-electron chi connectivity index (χ2n) is 6.57. The molecule has 1 N–H and O–H groups in total. The van der Waals surface area contributed by atoms with Crippen LogP contribution in [-0.4, -0.2) is 54.0 Å². The average Bonchev–Trinajstić information content (AvgIpc) is 3.11. The first-order chi connectivity index (χ1) is 11.9. The first-order valence-corrected chi connectivity index (χ1v) is 10.4. The third kappa shape index (κ3) is 3.95. The Kier molecular flexibility index (Phi) is 4.99. The number of aromatic nitrogens is 2. The fourth-order valence-corrected chi connectivity index (χ4v) is 5.14. The van der Waals surface area contributed by atoms with Crippen LogP contribution in [0, 0.1) is 5.92 Å². The number of carbonyl (C=O) groups is 1. The lowest BCUT2D eigenvalue weighted by molar-refractivity contribution is 0.203. The van der Waals surface area contributed by atoms with Gasteiger partial charge < -0.3 is 14.8 Å². The number of amides is 2. The van der Waals surface area contributed by atoms with E-state index < -0.39 is 9.84 Å². The molecule has 7 nitrogen and oxygen atoms in total. The van der Waals surface area contributed by atoms with Crippen molar-refractivity contribution in [3.63, 3.8) is 0 Å². The molecule has 2 aromatic rings. The number of carbonyl (C=O) groups excluding carboxylic acids is 1. The summed E-state index contributed by atoms with van der Waals surface area (Å²) in [6.45, 7) is 3.63. The maximum Gasteiger partial charge on any atom is 0.317 e. The minimum atomic E-state index is -2.91. The summed E-state index contributed by atoms with van der Waals surface area (Å²) in [5.41, 5.74) is 1.98. The van der Waals surface area contributed by atoms with Crippen LogP contribution in [0.3, 0.4) is 0 Å². The number of hydrogen-bond acceptors (Lipinski definition) is 4. The molecule has 0 unspecified atom stereocenters. The minimum absolute atomic E-state index is 0.0163. The molecule has 1 aliphatic heterocycles. The van der Waals surface area contributed by atoms with Gasteiger partial charge in [0.2, 0.25) is 0 Å². The Labute approximate surface area is 147 Å². The predicted molar refractivity (Wildman–Crippen MR) is 97.0 cm³/mol. The summed E-state index contributed by atoms with van der Waals surface area (Å²) in [5, 5.41) is 2.84. The lowest BCUT2D eigenvalue weighted by Crippen LogP contribution is -2.39. The zero-order chi connectivity index (χ0) is 18.0. The summed E-state index contributed by atoms with van der Waals surface area (Å²) < 4.78 is 25.1. The second kappa shape index (κ2) is 7.03. The van der Waals surface area contributed by atoms with Crippen LogP contribution in [0.15, 0.2) is 24.3 Å². The highest BCUT2D eigenvalue weighted by molar-refractivity contribution is 7.91. The van der Waals surface area contributed by atoms with Gasteiger partial charge in [-0.3, -0.25) is 0 Å². The average molecular weight is 364 g/mol. The first-order valence-electron chi connectivity index (χ1n) is 8.53. The smallest absolute Gasteiger partial charge is 0.317 e. The highest BCUT2D eigenvalue weighted by Crippen LogP contribution is 2.18. The quantitative estimate of drug-likeness (QED) is 0.874. The largest absolute Gasteiger partial charge is 0.338 e. The van der Waals surface area contributed by atoms with Gasteiger partial charge in [-0.15, -0.1) is 0 Å². The number of benzene rings is 1. The maximum atomic E-state index is 12.3. The Bertz CT molecular complexity index is 875. The fourth-order valence-electron chi connectivity index (χ4n) is 3.28. The van der Waals surface area contributed by atoms with Crippen molar-refractivity contribution in [2.24, 2.45) is 5.92 Å². The maximum absolute atomic E-state index is 12.3. The van der Waals surface area contributed by atoms with Crippen molar-refractivity contribution in [2.45, 2.75) is 26.4 Å². The van der Waals surface area contributed by atoms with Crippen molar-refractivity contribution in [1.82, 2.24) is 19.8 Å². The van der Waals surface area contributed by atoms with Gasteiger partial charge in [-0.2, -0.15) is 0 Å². The second-order valence-corrected chi connectivity index (χ2v) is 8.80. The number of urea groups is 1. The van der Waals surface area contributed by atoms with E-state index >= 15 is 0 Å². The standard InChI is InChI=1S/C17H24N4O3S/c1-3-21-15-7-5-4-6-14(15)19-16(21)11-20(2)17(22)18-10-13-8-9-25(23,24)12-13/h4-7,13H,3,8-12H2,1-2H3,(H,18,22)/t13-/m1/s1. The molecular formula is C17H24N4O3S. The van der Waals surface area contributed by atoms with Crippen LogP contribution in [0.25, 0.3) is 11.0 Å². The molecule has 25 heavy (non-hydrogen) atoms. The van der Waals surface area contributed by atoms with E-state index in [1.165, 1.54) is 0 Å². The topological polar surface area (TPSA) is 84.3 Å². The van der Waals surface area contributed by atoms with E-state index in [0.717, 1.165) is 23.4 Å². The Balaban J connectivity index is 1.62. The van der Waals surface area contributed by atoms with E-state index in [9.17, 15) is 13.2 Å². The lowest BCUT2D eigenvalue weighted by atomic mass is 10.1. The van der Waals surface area contributed by atoms with Crippen LogP contribution in [-0.2, 0) is 22.9 Å². The fraction of sp³-hybridized carbons (Fsp3) is 0.529. The highest BCUT2D eigenvalue weighted by atomic mass is 32.2. The predicted octanol–water partition coefficient (Wildman–Crippen LogP) is 1.63. The number of sulfone groups is 1. The van der Waals surface area contributed by atoms with Crippen LogP contribution < -0.4 is 5.32 Å². The van der Waals surface area contributed by atoms with Crippen LogP contribution in [0.1, 0.15) is 19.2 Å². The molecule has 8 heteroatoms. The number of imidazole rings is 1. The van der Waals surface area contributed by atoms with Gasteiger partial charge in [-0.05, 0) is 31.4 Å². The van der Waals surface area contributed by atoms with Crippen LogP contribution in [0.5, 0.6) is 0 Å². The molecule has 0 aliphatic carbocycles. The third-order valence-corrected chi connectivity index (χ3v) is 6.48. The Morgan fingerprint density at radius 3 is 2.84 bits per heavy atom. The van der Waals surface area contributed by atoms with Gasteiger partial charge in [0.25, 0.3) is 0 Å². The van der Waals surface area contributed by atoms with Gasteiger partial charge >= 0.3 is 6.03 Å². The Hall–Kier alpha value is -2.09. The molecule has 1 atom stereocenters. The van der Waals surface area contributed by atoms with Crippen LogP contribution >= 0.6 is 0 Å². The van der Waals surface area contributed by atoms with E-state index in [2.05, 4.69) is 21.8 Å². The molecule has 2 amide bonds. The molecule has 1 aliphatic rings. The summed E-state index contributed by atoms with van der Waals surface area (Å²) in [7, 11) is -1.19. The molecular weight excluding hydrogens is 340 g/mol. The summed E-state index contributed by atoms with van der Waals surface area (Å²) in [6.07, 6.45) is 0.623. The van der Waals surface area contributed by atoms with Gasteiger partial charge in [-0.1, -0.05) is 12.1 Å². The van der Waals surface area contributed by atoms with E-state index in [-0.39, 0.29) is 23.5 Å². The molecule has 1 aromatic heterocycles. The molecule has 0 spiro atoms. The van der Waals surface area contributed by atoms with E-state index in [1.54, 1.807) is 11.9 Å². The van der Waals surface area contributed by atoms with Crippen LogP contribution in [0.4, 0.5) is 4.79 Å². The van der Waals surface area contributed by atoms with Crippen molar-refractivity contribution < 1.29 is 13.2 Å². The number of para-hydroxylation sites is 2. The van der Waals surface area contributed by atoms with E-state index in [0.29, 0.717) is 19.5 Å². The van der Waals surface area contributed by atoms with Gasteiger partial charge in [0.1, 0.15) is 5.82 Å². The molecule has 136 valence electrons. The number of aryl methyl sites for hydroxylation is 1. The SMILES string of the molecule is CCn1c(CN(C)C(=O)NC[C@H]2CCS(=O)(=O)C2)nc2ccccc21. The molecule has 0 saturated carbocycles. The number of fused-ring (bicyclic) bond motifs is 1. The molecule has 0 bridgehead atoms. The molecule has 0 radical (unpaired) electrons. The van der Waals surface area contributed by atoms with Crippen molar-refractivity contribution in [3.05, 3.63) is 30.1 Å². The molecule has 2 heterocycles. The van der Waals surface area contributed by atoms with Crippen molar-refractivity contribution >= 4 is 26.9 Å². The number of rotatable bonds is 5. The zero-order valence-corrected chi connectivity index (χ0v) is 15.4. The number of hydrogen-bond donors (Lipinski definition) is 1. The summed E-state index contributed by atoms with van der Waals surface area (Å²) in [4.78, 5) is 18.5. The first kappa shape index (κ1) is 17.7. The zero-order valence-electron chi connectivity index (χ0n) is 14.6. The normalized spacial score (nSPS) is 19.2.